The standard InChI is InChI=1S/C17H18N2O4/c1-17(21,15-7-4-8-22-15)11-19-16(20)18-10-13-9-12-5-2-3-6-14(12)23-13/h2-9,21H,10-11H2,1H3,(H2,18,19,20). The lowest BCUT2D eigenvalue weighted by atomic mass is 10.0. The summed E-state index contributed by atoms with van der Waals surface area (Å²) in [7, 11) is 0. The van der Waals surface area contributed by atoms with Gasteiger partial charge in [-0.3, -0.25) is 0 Å². The van der Waals surface area contributed by atoms with Crippen LogP contribution < -0.4 is 10.6 Å². The molecule has 23 heavy (non-hydrogen) atoms. The summed E-state index contributed by atoms with van der Waals surface area (Å²) >= 11 is 0. The molecule has 2 amide bonds. The van der Waals surface area contributed by atoms with Crippen LogP contribution in [0.4, 0.5) is 4.79 Å². The molecule has 1 atom stereocenters. The van der Waals surface area contributed by atoms with Gasteiger partial charge in [-0.1, -0.05) is 18.2 Å². The lowest BCUT2D eigenvalue weighted by molar-refractivity contribution is 0.0367. The van der Waals surface area contributed by atoms with E-state index in [4.69, 9.17) is 8.83 Å². The van der Waals surface area contributed by atoms with Crippen molar-refractivity contribution in [1.29, 1.82) is 0 Å². The minimum absolute atomic E-state index is 0.0342. The highest BCUT2D eigenvalue weighted by molar-refractivity contribution is 5.78. The second-order valence-corrected chi connectivity index (χ2v) is 5.54. The van der Waals surface area contributed by atoms with Gasteiger partial charge in [0.2, 0.25) is 0 Å². The quantitative estimate of drug-likeness (QED) is 0.675. The second kappa shape index (κ2) is 6.18. The van der Waals surface area contributed by atoms with Gasteiger partial charge in [0.05, 0.1) is 19.4 Å². The summed E-state index contributed by atoms with van der Waals surface area (Å²) in [6, 6.07) is 12.5. The lowest BCUT2D eigenvalue weighted by Crippen LogP contribution is -2.43. The van der Waals surface area contributed by atoms with Crippen molar-refractivity contribution in [3.05, 3.63) is 60.2 Å². The number of carbonyl (C=O) groups excluding carboxylic acids is 1. The normalized spacial score (nSPS) is 13.7. The molecule has 0 radical (unpaired) electrons. The van der Waals surface area contributed by atoms with Crippen LogP contribution in [0.5, 0.6) is 0 Å². The molecule has 0 saturated heterocycles. The van der Waals surface area contributed by atoms with Crippen molar-refractivity contribution < 1.29 is 18.7 Å². The molecule has 0 aliphatic rings. The van der Waals surface area contributed by atoms with Crippen LogP contribution in [0.3, 0.4) is 0 Å². The fourth-order valence-corrected chi connectivity index (χ4v) is 2.28. The third-order valence-electron chi connectivity index (χ3n) is 3.54. The maximum absolute atomic E-state index is 11.8. The second-order valence-electron chi connectivity index (χ2n) is 5.54. The number of hydrogen-bond acceptors (Lipinski definition) is 4. The zero-order chi connectivity index (χ0) is 16.3. The Kier molecular flexibility index (Phi) is 4.08. The number of amides is 2. The van der Waals surface area contributed by atoms with Gasteiger partial charge < -0.3 is 24.6 Å². The van der Waals surface area contributed by atoms with E-state index in [0.717, 1.165) is 11.0 Å². The number of benzene rings is 1. The summed E-state index contributed by atoms with van der Waals surface area (Å²) in [6.07, 6.45) is 1.48. The molecule has 3 rings (SSSR count). The number of nitrogens with one attached hydrogen (secondary N) is 2. The molecule has 3 N–H and O–H groups in total. The molecule has 3 aromatic rings. The van der Waals surface area contributed by atoms with Crippen molar-refractivity contribution in [3.63, 3.8) is 0 Å². The van der Waals surface area contributed by atoms with E-state index in [0.29, 0.717) is 11.5 Å². The van der Waals surface area contributed by atoms with Crippen LogP contribution >= 0.6 is 0 Å². The van der Waals surface area contributed by atoms with Crippen LogP contribution in [0, 0.1) is 0 Å². The Morgan fingerprint density at radius 1 is 1.22 bits per heavy atom. The molecule has 0 aliphatic carbocycles. The summed E-state index contributed by atoms with van der Waals surface area (Å²) < 4.78 is 10.8. The van der Waals surface area contributed by atoms with Crippen LogP contribution in [0.2, 0.25) is 0 Å². The maximum Gasteiger partial charge on any atom is 0.315 e. The Balaban J connectivity index is 1.51. The molecule has 6 nitrogen and oxygen atoms in total. The van der Waals surface area contributed by atoms with Gasteiger partial charge in [-0.25, -0.2) is 4.79 Å². The monoisotopic (exact) mass is 314 g/mol. The molecule has 1 unspecified atom stereocenters. The number of para-hydroxylation sites is 1. The molecular weight excluding hydrogens is 296 g/mol. The topological polar surface area (TPSA) is 87.6 Å². The number of urea groups is 1. The molecule has 0 fully saturated rings. The maximum atomic E-state index is 11.8. The van der Waals surface area contributed by atoms with Gasteiger partial charge in [0, 0.05) is 5.39 Å². The summed E-state index contributed by atoms with van der Waals surface area (Å²) in [4.78, 5) is 11.8. The van der Waals surface area contributed by atoms with E-state index < -0.39 is 11.6 Å². The van der Waals surface area contributed by atoms with Crippen molar-refractivity contribution >= 4 is 17.0 Å². The Bertz CT molecular complexity index is 757. The molecule has 2 aromatic heterocycles. The first-order valence-corrected chi connectivity index (χ1v) is 7.30. The van der Waals surface area contributed by atoms with Gasteiger partial charge in [0.15, 0.2) is 0 Å². The van der Waals surface area contributed by atoms with E-state index in [-0.39, 0.29) is 13.1 Å². The third-order valence-corrected chi connectivity index (χ3v) is 3.54. The molecule has 2 heterocycles. The number of aliphatic hydroxyl groups is 1. The summed E-state index contributed by atoms with van der Waals surface area (Å²) in [5.74, 6) is 1.06. The van der Waals surface area contributed by atoms with Crippen LogP contribution in [0.1, 0.15) is 18.4 Å². The largest absolute Gasteiger partial charge is 0.466 e. The third kappa shape index (κ3) is 3.54. The average Bonchev–Trinajstić information content (AvgIpc) is 3.20. The Morgan fingerprint density at radius 3 is 2.78 bits per heavy atom. The fraction of sp³-hybridized carbons (Fsp3) is 0.235. The van der Waals surface area contributed by atoms with E-state index >= 15 is 0 Å². The molecule has 0 spiro atoms. The lowest BCUT2D eigenvalue weighted by Gasteiger charge is -2.21. The SMILES string of the molecule is CC(O)(CNC(=O)NCc1cc2ccccc2o1)c1ccco1. The molecule has 0 saturated carbocycles. The van der Waals surface area contributed by atoms with Crippen molar-refractivity contribution in [2.75, 3.05) is 6.54 Å². The fourth-order valence-electron chi connectivity index (χ4n) is 2.28. The Hall–Kier alpha value is -2.73. The number of carbonyl (C=O) groups is 1. The zero-order valence-corrected chi connectivity index (χ0v) is 12.7. The summed E-state index contributed by atoms with van der Waals surface area (Å²) in [5, 5.41) is 16.5. The smallest absolute Gasteiger partial charge is 0.315 e. The highest BCUT2D eigenvalue weighted by Gasteiger charge is 2.26. The summed E-state index contributed by atoms with van der Waals surface area (Å²) in [6.45, 7) is 1.88. The van der Waals surface area contributed by atoms with E-state index in [1.807, 2.05) is 30.3 Å². The molecular formula is C17H18N2O4. The van der Waals surface area contributed by atoms with Gasteiger partial charge in [-0.2, -0.15) is 0 Å². The van der Waals surface area contributed by atoms with E-state index in [9.17, 15) is 9.90 Å². The van der Waals surface area contributed by atoms with Crippen LogP contribution in [-0.4, -0.2) is 17.7 Å². The van der Waals surface area contributed by atoms with Gasteiger partial charge in [-0.15, -0.1) is 0 Å². The highest BCUT2D eigenvalue weighted by Crippen LogP contribution is 2.20. The highest BCUT2D eigenvalue weighted by atomic mass is 16.4. The van der Waals surface area contributed by atoms with Gasteiger partial charge in [-0.05, 0) is 31.2 Å². The average molecular weight is 314 g/mol. The number of rotatable bonds is 5. The molecule has 1 aromatic carbocycles. The molecule has 120 valence electrons. The van der Waals surface area contributed by atoms with Crippen molar-refractivity contribution in [1.82, 2.24) is 10.6 Å². The minimum atomic E-state index is -1.26. The molecule has 0 aliphatic heterocycles. The van der Waals surface area contributed by atoms with Crippen molar-refractivity contribution in [2.45, 2.75) is 19.1 Å². The van der Waals surface area contributed by atoms with Gasteiger partial charge >= 0.3 is 6.03 Å². The first-order chi connectivity index (χ1) is 11.0. The number of furan rings is 2. The first-order valence-electron chi connectivity index (χ1n) is 7.30. The van der Waals surface area contributed by atoms with Gasteiger partial charge in [0.25, 0.3) is 0 Å². The van der Waals surface area contributed by atoms with Crippen molar-refractivity contribution in [3.8, 4) is 0 Å². The first kappa shape index (κ1) is 15.2. The molecule has 6 heteroatoms. The van der Waals surface area contributed by atoms with Crippen molar-refractivity contribution in [2.24, 2.45) is 0 Å². The van der Waals surface area contributed by atoms with E-state index in [1.165, 1.54) is 6.26 Å². The summed E-state index contributed by atoms with van der Waals surface area (Å²) in [5.41, 5.74) is -0.481. The zero-order valence-electron chi connectivity index (χ0n) is 12.7. The Labute approximate surface area is 133 Å². The molecule has 0 bridgehead atoms. The number of hydrogen-bond donors (Lipinski definition) is 3. The minimum Gasteiger partial charge on any atom is -0.466 e. The van der Waals surface area contributed by atoms with Crippen LogP contribution in [-0.2, 0) is 12.1 Å². The van der Waals surface area contributed by atoms with E-state index in [1.54, 1.807) is 19.1 Å². The Morgan fingerprint density at radius 2 is 2.04 bits per heavy atom. The predicted molar refractivity (Wildman–Crippen MR) is 84.7 cm³/mol. The van der Waals surface area contributed by atoms with Crippen LogP contribution in [0.25, 0.3) is 11.0 Å². The number of fused-ring (bicyclic) bond motifs is 1. The van der Waals surface area contributed by atoms with Gasteiger partial charge in [0.1, 0.15) is 22.7 Å². The predicted octanol–water partition coefficient (Wildman–Crippen LogP) is 2.73. The van der Waals surface area contributed by atoms with E-state index in [2.05, 4.69) is 10.6 Å². The van der Waals surface area contributed by atoms with Crippen LogP contribution in [0.15, 0.2) is 57.6 Å².